The highest BCUT2D eigenvalue weighted by atomic mass is 79.9. The molecule has 0 spiro atoms. The molecule has 0 saturated carbocycles. The molecule has 0 aliphatic heterocycles. The molecule has 2 atom stereocenters. The van der Waals surface area contributed by atoms with E-state index in [0.29, 0.717) is 5.92 Å². The Kier molecular flexibility index (Phi) is 6.83. The zero-order chi connectivity index (χ0) is 14.4. The first kappa shape index (κ1) is 16.5. The van der Waals surface area contributed by atoms with E-state index in [1.54, 1.807) is 6.92 Å². The molecule has 1 rings (SSSR count). The van der Waals surface area contributed by atoms with E-state index in [2.05, 4.69) is 41.2 Å². The van der Waals surface area contributed by atoms with Crippen molar-refractivity contribution in [2.45, 2.75) is 46.4 Å². The summed E-state index contributed by atoms with van der Waals surface area (Å²) in [5.74, 6) is 1.42. The number of hydrogen-bond acceptors (Lipinski definition) is 3. The summed E-state index contributed by atoms with van der Waals surface area (Å²) in [5, 5.41) is 12.9. The molecule has 0 aliphatic carbocycles. The third kappa shape index (κ3) is 5.93. The average Bonchev–Trinajstić information content (AvgIpc) is 2.31. The van der Waals surface area contributed by atoms with Gasteiger partial charge in [-0.15, -0.1) is 0 Å². The van der Waals surface area contributed by atoms with Crippen molar-refractivity contribution < 1.29 is 9.84 Å². The number of rotatable bonds is 7. The number of ether oxygens (including phenoxy) is 1. The zero-order valence-electron chi connectivity index (χ0n) is 12.1. The highest BCUT2D eigenvalue weighted by Gasteiger charge is 2.12. The molecule has 1 aromatic rings. The van der Waals surface area contributed by atoms with Crippen LogP contribution in [0.5, 0.6) is 5.75 Å². The van der Waals surface area contributed by atoms with Crippen LogP contribution in [0.1, 0.15) is 33.3 Å². The molecule has 19 heavy (non-hydrogen) atoms. The van der Waals surface area contributed by atoms with E-state index in [9.17, 15) is 5.11 Å². The number of hydrogen-bond donors (Lipinski definition) is 2. The van der Waals surface area contributed by atoms with Gasteiger partial charge in [0.15, 0.2) is 0 Å². The van der Waals surface area contributed by atoms with Crippen molar-refractivity contribution in [2.24, 2.45) is 5.92 Å². The van der Waals surface area contributed by atoms with E-state index < -0.39 is 6.10 Å². The van der Waals surface area contributed by atoms with Gasteiger partial charge in [-0.05, 0) is 59.9 Å². The molecule has 0 amide bonds. The van der Waals surface area contributed by atoms with Crippen LogP contribution in [0.2, 0.25) is 0 Å². The Morgan fingerprint density at radius 2 is 1.95 bits per heavy atom. The predicted octanol–water partition coefficient (Wildman–Crippen LogP) is 3.34. The van der Waals surface area contributed by atoms with Gasteiger partial charge in [-0.1, -0.05) is 19.9 Å². The Morgan fingerprint density at radius 1 is 1.26 bits per heavy atom. The van der Waals surface area contributed by atoms with Gasteiger partial charge < -0.3 is 15.2 Å². The van der Waals surface area contributed by atoms with Crippen molar-refractivity contribution in [1.29, 1.82) is 0 Å². The highest BCUT2D eigenvalue weighted by Crippen LogP contribution is 2.27. The quantitative estimate of drug-likeness (QED) is 0.806. The molecule has 4 heteroatoms. The summed E-state index contributed by atoms with van der Waals surface area (Å²) in [7, 11) is 0. The number of aliphatic hydroxyl groups excluding tert-OH is 1. The summed E-state index contributed by atoms with van der Waals surface area (Å²) in [4.78, 5) is 0. The van der Waals surface area contributed by atoms with Crippen molar-refractivity contribution in [3.8, 4) is 5.75 Å². The molecule has 0 aliphatic rings. The average molecular weight is 330 g/mol. The van der Waals surface area contributed by atoms with Gasteiger partial charge in [-0.3, -0.25) is 0 Å². The first-order valence-corrected chi connectivity index (χ1v) is 7.53. The molecule has 0 saturated heterocycles. The van der Waals surface area contributed by atoms with E-state index in [0.717, 1.165) is 23.3 Å². The lowest BCUT2D eigenvalue weighted by Gasteiger charge is -2.18. The monoisotopic (exact) mass is 329 g/mol. The van der Waals surface area contributed by atoms with E-state index in [4.69, 9.17) is 4.74 Å². The summed E-state index contributed by atoms with van der Waals surface area (Å²) in [6, 6.07) is 6.04. The van der Waals surface area contributed by atoms with Gasteiger partial charge in [0.2, 0.25) is 0 Å². The molecule has 0 radical (unpaired) electrons. The molecule has 2 unspecified atom stereocenters. The molecule has 1 aromatic carbocycles. The van der Waals surface area contributed by atoms with Crippen LogP contribution in [0, 0.1) is 5.92 Å². The van der Waals surface area contributed by atoms with Gasteiger partial charge in [0, 0.05) is 6.54 Å². The predicted molar refractivity (Wildman–Crippen MR) is 82.5 cm³/mol. The lowest BCUT2D eigenvalue weighted by molar-refractivity contribution is 0.0599. The van der Waals surface area contributed by atoms with Crippen LogP contribution in [0.15, 0.2) is 22.7 Å². The normalized spacial score (nSPS) is 14.5. The fourth-order valence-electron chi connectivity index (χ4n) is 1.55. The molecular formula is C15H24BrNO2. The summed E-state index contributed by atoms with van der Waals surface area (Å²) < 4.78 is 6.61. The fourth-order valence-corrected chi connectivity index (χ4v) is 2.07. The summed E-state index contributed by atoms with van der Waals surface area (Å²) in [6.45, 7) is 9.82. The number of aliphatic hydroxyl groups is 1. The second-order valence-corrected chi connectivity index (χ2v) is 6.21. The Labute approximate surface area is 124 Å². The maximum atomic E-state index is 9.45. The third-order valence-electron chi connectivity index (χ3n) is 2.87. The van der Waals surface area contributed by atoms with Crippen LogP contribution in [0.25, 0.3) is 0 Å². The molecule has 108 valence electrons. The molecule has 0 fully saturated rings. The molecule has 0 heterocycles. The third-order valence-corrected chi connectivity index (χ3v) is 3.49. The summed E-state index contributed by atoms with van der Waals surface area (Å²) in [6.07, 6.45) is -0.708. The number of nitrogens with one attached hydrogen (secondary N) is 1. The molecular weight excluding hydrogens is 306 g/mol. The first-order chi connectivity index (χ1) is 8.90. The Balaban J connectivity index is 2.59. The first-order valence-electron chi connectivity index (χ1n) is 6.74. The van der Waals surface area contributed by atoms with Crippen molar-refractivity contribution in [3.63, 3.8) is 0 Å². The summed E-state index contributed by atoms with van der Waals surface area (Å²) in [5.41, 5.74) is 1.21. The fraction of sp³-hybridized carbons (Fsp3) is 0.600. The topological polar surface area (TPSA) is 41.5 Å². The van der Waals surface area contributed by atoms with Gasteiger partial charge in [0.05, 0.1) is 10.6 Å². The highest BCUT2D eigenvalue weighted by molar-refractivity contribution is 9.10. The van der Waals surface area contributed by atoms with Crippen LogP contribution in [0.3, 0.4) is 0 Å². The summed E-state index contributed by atoms with van der Waals surface area (Å²) >= 11 is 3.51. The van der Waals surface area contributed by atoms with E-state index >= 15 is 0 Å². The second kappa shape index (κ2) is 7.88. The second-order valence-electron chi connectivity index (χ2n) is 5.35. The van der Waals surface area contributed by atoms with Gasteiger partial charge in [-0.2, -0.15) is 0 Å². The molecule has 0 aromatic heterocycles. The molecule has 3 nitrogen and oxygen atoms in total. The van der Waals surface area contributed by atoms with Gasteiger partial charge in [-0.25, -0.2) is 0 Å². The van der Waals surface area contributed by atoms with Crippen LogP contribution in [-0.2, 0) is 6.54 Å². The Hall–Kier alpha value is -0.580. The van der Waals surface area contributed by atoms with E-state index in [1.807, 2.05) is 19.1 Å². The Bertz CT molecular complexity index is 394. The minimum atomic E-state index is -0.487. The van der Waals surface area contributed by atoms with E-state index in [1.165, 1.54) is 5.56 Å². The Morgan fingerprint density at radius 3 is 2.47 bits per heavy atom. The number of benzene rings is 1. The van der Waals surface area contributed by atoms with Crippen LogP contribution < -0.4 is 10.1 Å². The SMILES string of the molecule is CC(C)CNCc1ccc(OC(C)C(C)O)c(Br)c1. The smallest absolute Gasteiger partial charge is 0.134 e. The van der Waals surface area contributed by atoms with Crippen molar-refractivity contribution in [1.82, 2.24) is 5.32 Å². The van der Waals surface area contributed by atoms with Gasteiger partial charge in [0.1, 0.15) is 11.9 Å². The van der Waals surface area contributed by atoms with Crippen LogP contribution in [0.4, 0.5) is 0 Å². The van der Waals surface area contributed by atoms with Crippen molar-refractivity contribution in [2.75, 3.05) is 6.54 Å². The van der Waals surface area contributed by atoms with Crippen LogP contribution >= 0.6 is 15.9 Å². The number of halogens is 1. The van der Waals surface area contributed by atoms with Gasteiger partial charge >= 0.3 is 0 Å². The van der Waals surface area contributed by atoms with Crippen molar-refractivity contribution in [3.05, 3.63) is 28.2 Å². The largest absolute Gasteiger partial charge is 0.487 e. The van der Waals surface area contributed by atoms with Crippen molar-refractivity contribution >= 4 is 15.9 Å². The lowest BCUT2D eigenvalue weighted by Crippen LogP contribution is -2.25. The van der Waals surface area contributed by atoms with E-state index in [-0.39, 0.29) is 6.10 Å². The van der Waals surface area contributed by atoms with Gasteiger partial charge in [0.25, 0.3) is 0 Å². The minimum Gasteiger partial charge on any atom is -0.487 e. The lowest BCUT2D eigenvalue weighted by atomic mass is 10.2. The maximum absolute atomic E-state index is 9.45. The zero-order valence-corrected chi connectivity index (χ0v) is 13.7. The minimum absolute atomic E-state index is 0.221. The standard InChI is InChI=1S/C15H24BrNO2/c1-10(2)8-17-9-13-5-6-15(14(16)7-13)19-12(4)11(3)18/h5-7,10-12,17-18H,8-9H2,1-4H3. The maximum Gasteiger partial charge on any atom is 0.134 e. The molecule has 2 N–H and O–H groups in total. The van der Waals surface area contributed by atoms with Crippen LogP contribution in [-0.4, -0.2) is 23.9 Å². The molecule has 0 bridgehead atoms.